The Morgan fingerprint density at radius 3 is 2.67 bits per heavy atom. The standard InChI is InChI=1S/C16H18ClNO3/c1-11-7-8-14(21-11)16(2,20)10-18-15(19)9-12-5-3-4-6-13(12)17/h3-8,20H,9-10H2,1-2H3,(H,18,19)/t16-/m1/s1. The first-order valence-corrected chi connectivity index (χ1v) is 7.06. The van der Waals surface area contributed by atoms with Gasteiger partial charge in [-0.3, -0.25) is 4.79 Å². The molecule has 21 heavy (non-hydrogen) atoms. The van der Waals surface area contributed by atoms with Crippen LogP contribution in [0, 0.1) is 6.92 Å². The van der Waals surface area contributed by atoms with E-state index in [-0.39, 0.29) is 18.9 Å². The number of benzene rings is 1. The van der Waals surface area contributed by atoms with Gasteiger partial charge in [-0.05, 0) is 37.6 Å². The van der Waals surface area contributed by atoms with Gasteiger partial charge in [0.05, 0.1) is 13.0 Å². The molecule has 5 heteroatoms. The summed E-state index contributed by atoms with van der Waals surface area (Å²) < 4.78 is 5.40. The zero-order chi connectivity index (χ0) is 15.5. The fraction of sp³-hybridized carbons (Fsp3) is 0.312. The van der Waals surface area contributed by atoms with Gasteiger partial charge < -0.3 is 14.8 Å². The van der Waals surface area contributed by atoms with Crippen molar-refractivity contribution in [2.75, 3.05) is 6.54 Å². The highest BCUT2D eigenvalue weighted by Gasteiger charge is 2.27. The number of aliphatic hydroxyl groups is 1. The van der Waals surface area contributed by atoms with Crippen LogP contribution in [0.3, 0.4) is 0 Å². The van der Waals surface area contributed by atoms with Crippen LogP contribution in [0.4, 0.5) is 0 Å². The molecular formula is C16H18ClNO3. The Hall–Kier alpha value is -1.78. The molecule has 1 heterocycles. The van der Waals surface area contributed by atoms with Crippen molar-refractivity contribution in [2.24, 2.45) is 0 Å². The molecule has 0 saturated carbocycles. The molecule has 112 valence electrons. The highest BCUT2D eigenvalue weighted by Crippen LogP contribution is 2.22. The van der Waals surface area contributed by atoms with Gasteiger partial charge in [0.2, 0.25) is 5.91 Å². The van der Waals surface area contributed by atoms with E-state index in [1.54, 1.807) is 38.1 Å². The quantitative estimate of drug-likeness (QED) is 0.893. The predicted octanol–water partition coefficient (Wildman–Crippen LogP) is 2.81. The van der Waals surface area contributed by atoms with Gasteiger partial charge in [0.25, 0.3) is 0 Å². The predicted molar refractivity (Wildman–Crippen MR) is 81.2 cm³/mol. The third-order valence-corrected chi connectivity index (χ3v) is 3.58. The lowest BCUT2D eigenvalue weighted by molar-refractivity contribution is -0.121. The third kappa shape index (κ3) is 4.09. The minimum Gasteiger partial charge on any atom is -0.463 e. The second-order valence-corrected chi connectivity index (χ2v) is 5.64. The maximum absolute atomic E-state index is 11.9. The van der Waals surface area contributed by atoms with Crippen molar-refractivity contribution in [3.8, 4) is 0 Å². The summed E-state index contributed by atoms with van der Waals surface area (Å²) >= 11 is 6.01. The molecule has 0 bridgehead atoms. The number of aryl methyl sites for hydroxylation is 1. The van der Waals surface area contributed by atoms with Crippen LogP contribution in [0.15, 0.2) is 40.8 Å². The van der Waals surface area contributed by atoms with Crippen LogP contribution >= 0.6 is 11.6 Å². The maximum atomic E-state index is 11.9. The van der Waals surface area contributed by atoms with Gasteiger partial charge in [-0.1, -0.05) is 29.8 Å². The number of halogens is 1. The first-order valence-electron chi connectivity index (χ1n) is 6.68. The van der Waals surface area contributed by atoms with E-state index < -0.39 is 5.60 Å². The van der Waals surface area contributed by atoms with Gasteiger partial charge in [-0.25, -0.2) is 0 Å². The summed E-state index contributed by atoms with van der Waals surface area (Å²) in [6.45, 7) is 3.47. The smallest absolute Gasteiger partial charge is 0.224 e. The van der Waals surface area contributed by atoms with E-state index in [1.807, 2.05) is 12.1 Å². The topological polar surface area (TPSA) is 62.5 Å². The SMILES string of the molecule is Cc1ccc([C@](C)(O)CNC(=O)Cc2ccccc2Cl)o1. The second-order valence-electron chi connectivity index (χ2n) is 5.23. The molecular weight excluding hydrogens is 290 g/mol. The number of carbonyl (C=O) groups is 1. The molecule has 1 atom stereocenters. The number of amides is 1. The van der Waals surface area contributed by atoms with Crippen molar-refractivity contribution >= 4 is 17.5 Å². The lowest BCUT2D eigenvalue weighted by Gasteiger charge is -2.21. The Labute approximate surface area is 128 Å². The Morgan fingerprint density at radius 1 is 1.33 bits per heavy atom. The molecule has 2 rings (SSSR count). The van der Waals surface area contributed by atoms with Gasteiger partial charge in [-0.15, -0.1) is 0 Å². The maximum Gasteiger partial charge on any atom is 0.224 e. The second kappa shape index (κ2) is 6.33. The Bertz CT molecular complexity index is 634. The molecule has 2 aromatic rings. The molecule has 1 aromatic heterocycles. The van der Waals surface area contributed by atoms with E-state index in [0.717, 1.165) is 5.56 Å². The summed E-state index contributed by atoms with van der Waals surface area (Å²) in [4.78, 5) is 11.9. The Morgan fingerprint density at radius 2 is 2.05 bits per heavy atom. The van der Waals surface area contributed by atoms with E-state index in [2.05, 4.69) is 5.32 Å². The molecule has 0 aliphatic carbocycles. The summed E-state index contributed by atoms with van der Waals surface area (Å²) in [7, 11) is 0. The van der Waals surface area contributed by atoms with Crippen molar-refractivity contribution in [1.82, 2.24) is 5.32 Å². The number of hydrogen-bond acceptors (Lipinski definition) is 3. The molecule has 0 fully saturated rings. The fourth-order valence-electron chi connectivity index (χ4n) is 1.96. The van der Waals surface area contributed by atoms with E-state index in [0.29, 0.717) is 16.5 Å². The van der Waals surface area contributed by atoms with Gasteiger partial charge in [0.1, 0.15) is 17.1 Å². The van der Waals surface area contributed by atoms with Crippen LogP contribution in [0.25, 0.3) is 0 Å². The number of rotatable bonds is 5. The summed E-state index contributed by atoms with van der Waals surface area (Å²) in [5.41, 5.74) is -0.491. The van der Waals surface area contributed by atoms with Gasteiger partial charge in [0.15, 0.2) is 0 Å². The average molecular weight is 308 g/mol. The largest absolute Gasteiger partial charge is 0.463 e. The highest BCUT2D eigenvalue weighted by atomic mass is 35.5. The van der Waals surface area contributed by atoms with Crippen LogP contribution in [0.2, 0.25) is 5.02 Å². The van der Waals surface area contributed by atoms with E-state index in [1.165, 1.54) is 0 Å². The Balaban J connectivity index is 1.93. The first-order chi connectivity index (χ1) is 9.88. The lowest BCUT2D eigenvalue weighted by atomic mass is 10.0. The van der Waals surface area contributed by atoms with Crippen molar-refractivity contribution in [1.29, 1.82) is 0 Å². The molecule has 0 aliphatic rings. The summed E-state index contributed by atoms with van der Waals surface area (Å²) in [6, 6.07) is 10.7. The molecule has 0 unspecified atom stereocenters. The van der Waals surface area contributed by atoms with Crippen LogP contribution in [-0.2, 0) is 16.8 Å². The van der Waals surface area contributed by atoms with E-state index >= 15 is 0 Å². The van der Waals surface area contributed by atoms with Crippen LogP contribution < -0.4 is 5.32 Å². The van der Waals surface area contributed by atoms with Crippen LogP contribution in [-0.4, -0.2) is 17.6 Å². The monoisotopic (exact) mass is 307 g/mol. The fourth-order valence-corrected chi connectivity index (χ4v) is 2.16. The van der Waals surface area contributed by atoms with E-state index in [9.17, 15) is 9.90 Å². The number of carbonyl (C=O) groups excluding carboxylic acids is 1. The average Bonchev–Trinajstić information content (AvgIpc) is 2.87. The van der Waals surface area contributed by atoms with Crippen molar-refractivity contribution in [3.05, 3.63) is 58.5 Å². The summed E-state index contributed by atoms with van der Waals surface area (Å²) in [5, 5.41) is 13.6. The minimum atomic E-state index is -1.25. The zero-order valence-electron chi connectivity index (χ0n) is 12.0. The van der Waals surface area contributed by atoms with Crippen molar-refractivity contribution in [3.63, 3.8) is 0 Å². The Kier molecular flexibility index (Phi) is 4.70. The summed E-state index contributed by atoms with van der Waals surface area (Å²) in [5.74, 6) is 0.942. The van der Waals surface area contributed by atoms with Crippen molar-refractivity contribution in [2.45, 2.75) is 25.9 Å². The van der Waals surface area contributed by atoms with Crippen LogP contribution in [0.1, 0.15) is 24.0 Å². The highest BCUT2D eigenvalue weighted by molar-refractivity contribution is 6.31. The van der Waals surface area contributed by atoms with Gasteiger partial charge in [0, 0.05) is 5.02 Å². The minimum absolute atomic E-state index is 0.0727. The molecule has 0 spiro atoms. The number of furan rings is 1. The zero-order valence-corrected chi connectivity index (χ0v) is 12.8. The van der Waals surface area contributed by atoms with Crippen LogP contribution in [0.5, 0.6) is 0 Å². The normalized spacial score (nSPS) is 13.7. The molecule has 2 N–H and O–H groups in total. The van der Waals surface area contributed by atoms with Gasteiger partial charge >= 0.3 is 0 Å². The van der Waals surface area contributed by atoms with Crippen molar-refractivity contribution < 1.29 is 14.3 Å². The van der Waals surface area contributed by atoms with E-state index in [4.69, 9.17) is 16.0 Å². The number of nitrogens with one attached hydrogen (secondary N) is 1. The first kappa shape index (κ1) is 15.6. The molecule has 0 radical (unpaired) electrons. The number of hydrogen-bond donors (Lipinski definition) is 2. The van der Waals surface area contributed by atoms with Gasteiger partial charge in [-0.2, -0.15) is 0 Å². The lowest BCUT2D eigenvalue weighted by Crippen LogP contribution is -2.39. The molecule has 1 amide bonds. The molecule has 4 nitrogen and oxygen atoms in total. The molecule has 1 aromatic carbocycles. The molecule has 0 saturated heterocycles. The molecule has 0 aliphatic heterocycles. The third-order valence-electron chi connectivity index (χ3n) is 3.21. The summed E-state index contributed by atoms with van der Waals surface area (Å²) in [6.07, 6.45) is 0.174.